The number of Topliss-reactive ketones (excluding diaryl/α,β-unsaturated/α-hetero) is 1. The maximum absolute atomic E-state index is 15.1. The van der Waals surface area contributed by atoms with Gasteiger partial charge in [0, 0.05) is 131 Å². The zero-order valence-electron chi connectivity index (χ0n) is 63.2. The van der Waals surface area contributed by atoms with Crippen LogP contribution in [0, 0.1) is 30.6 Å². The second-order valence-corrected chi connectivity index (χ2v) is 28.8. The van der Waals surface area contributed by atoms with Crippen LogP contribution in [0.3, 0.4) is 0 Å². The number of nitrogens with one attached hydrogen (secondary N) is 6. The number of aromatic hydroxyl groups is 2. The molecule has 1 aliphatic carbocycles. The first kappa shape index (κ1) is 81.2. The number of rotatable bonds is 22. The number of phenolic OH excluding ortho intramolecular Hbond substituents is 2. The van der Waals surface area contributed by atoms with E-state index >= 15 is 9.59 Å². The van der Waals surface area contributed by atoms with Crippen molar-refractivity contribution in [3.05, 3.63) is 147 Å². The summed E-state index contributed by atoms with van der Waals surface area (Å²) in [6.45, 7) is 17.4. The fourth-order valence-corrected chi connectivity index (χ4v) is 13.6. The number of aliphatic hydroxyl groups excluding tert-OH is 1. The van der Waals surface area contributed by atoms with Crippen LogP contribution >= 0.6 is 0 Å². The van der Waals surface area contributed by atoms with Crippen molar-refractivity contribution in [2.75, 3.05) is 61.9 Å². The molecule has 4 aromatic carbocycles. The Bertz CT molecular complexity index is 4660. The number of aliphatic hydroxyl groups is 1. The van der Waals surface area contributed by atoms with E-state index in [1.165, 1.54) is 60.1 Å². The average molecular weight is 1520 g/mol. The number of benzene rings is 5. The van der Waals surface area contributed by atoms with Gasteiger partial charge in [0.2, 0.25) is 35.0 Å². The molecule has 10 atom stereocenters. The van der Waals surface area contributed by atoms with Crippen molar-refractivity contribution in [1.82, 2.24) is 36.2 Å². The number of nitrogens with zero attached hydrogens (tertiary/aromatic N) is 4. The third-order valence-corrected chi connectivity index (χ3v) is 20.0. The molecule has 0 unspecified atom stereocenters. The van der Waals surface area contributed by atoms with Crippen LogP contribution in [0.4, 0.5) is 17.1 Å². The first-order valence-corrected chi connectivity index (χ1v) is 36.6. The molecule has 8 amide bonds. The number of ether oxygens (including phenoxy) is 4. The lowest BCUT2D eigenvalue weighted by molar-refractivity contribution is -0.171. The van der Waals surface area contributed by atoms with Gasteiger partial charge >= 0.3 is 11.8 Å². The Hall–Kier alpha value is -11.3. The van der Waals surface area contributed by atoms with Crippen LogP contribution in [-0.2, 0) is 75.2 Å². The van der Waals surface area contributed by atoms with Gasteiger partial charge in [-0.2, -0.15) is 5.06 Å². The number of phenols is 2. The summed E-state index contributed by atoms with van der Waals surface area (Å²) in [6.07, 6.45) is 8.36. The fraction of sp³-hybridized carbons (Fsp3) is 0.425. The van der Waals surface area contributed by atoms with E-state index in [9.17, 15) is 58.5 Å². The Kier molecular flexibility index (Phi) is 26.1. The molecule has 0 aromatic heterocycles. The minimum absolute atomic E-state index is 0.00436. The second kappa shape index (κ2) is 35.4. The highest BCUT2D eigenvalue weighted by atomic mass is 16.7. The van der Waals surface area contributed by atoms with Gasteiger partial charge in [-0.05, 0) is 81.2 Å². The van der Waals surface area contributed by atoms with Crippen LogP contribution in [0.1, 0.15) is 115 Å². The van der Waals surface area contributed by atoms with E-state index in [4.69, 9.17) is 33.2 Å². The highest BCUT2D eigenvalue weighted by Gasteiger charge is 2.50. The summed E-state index contributed by atoms with van der Waals surface area (Å²) in [4.78, 5) is 162. The van der Waals surface area contributed by atoms with Gasteiger partial charge in [0.15, 0.2) is 11.3 Å². The molecule has 5 heterocycles. The standard InChI is InChI=1S/C80H94N10O20/c1-42(2)36-54(84-60(94)28-30-90-62(96)26-27-63(90)97)79(104)82-48(8)77(102)85-55(37-50-18-13-12-14-19-50)78(103)81-40-61(95)83-52-23-21-51(22-24-52)41-107-89-33-31-88(32-34-89)53-38-57(93)67-59(39-53)109-74-68(86-67)64-65-70(98)47(7)73-66(64)75(100)80(10,110-73)106-35-29-58(105-11)46(6)72(108-49(9)91)44(4)20-25-56(92)43(3)16-15-17-45(5)76(101)87-69(74)71(65)99/h12-19,21-24,26-27,29,35,38-39,42-44,46,48,54-56,58,72,92-93,98H,20,25,28,30-34,36-37,40-41H2,1-11H3,(H,81,103)(H,82,104)(H,83,95)(H,84,94)(H,85,102)(H,87,101)/b16-15+,35-29+,45-17-/t43-,44+,46+,48-,54-,55-,56+,58-,72-,80-/m0/s1. The summed E-state index contributed by atoms with van der Waals surface area (Å²) >= 11 is 0. The third-order valence-electron chi connectivity index (χ3n) is 20.0. The molecule has 0 spiro atoms. The highest BCUT2D eigenvalue weighted by molar-refractivity contribution is 6.22. The SMILES string of the molecule is CO[C@H]1/C=C/O[C@@]2(C)Oc3c(C)c(O)c4c(=O)c(c5oc6cc(N7CCN(OCc8ccc(NC(=O)CNC(=O)[C@H](Cc9ccccc9)NC(=O)[C@H](C)NC(=O)[C@H](CC(C)C)NC(=O)CCN9C(=O)C=CC9=O)cc8)CC7)cc(O)c6nc-5c4c3C2=O)NC(=O)/C(C)=C\C=C\[C@H](C)[C@H](O)CC[C@@H](C)[C@H](OC(C)=O)[C@@H]1C. The number of hydrogen-bond donors (Lipinski definition) is 9. The molecule has 10 rings (SSSR count). The molecule has 0 radical (unpaired) electrons. The van der Waals surface area contributed by atoms with Gasteiger partial charge in [-0.3, -0.25) is 62.5 Å². The molecule has 30 nitrogen and oxygen atoms in total. The van der Waals surface area contributed by atoms with Crippen molar-refractivity contribution >= 4 is 97.9 Å². The van der Waals surface area contributed by atoms with E-state index in [0.717, 1.165) is 22.6 Å². The number of imide groups is 1. The molecule has 30 heteroatoms. The van der Waals surface area contributed by atoms with Crippen molar-refractivity contribution in [3.63, 3.8) is 0 Å². The number of amides is 8. The van der Waals surface area contributed by atoms with Gasteiger partial charge in [-0.15, -0.1) is 0 Å². The topological polar surface area (TPSA) is 403 Å². The number of hydroxylamine groups is 2. The minimum atomic E-state index is -2.11. The van der Waals surface area contributed by atoms with E-state index in [1.807, 2.05) is 39.5 Å². The van der Waals surface area contributed by atoms with Gasteiger partial charge in [0.25, 0.3) is 23.5 Å². The van der Waals surface area contributed by atoms with E-state index in [-0.39, 0.29) is 106 Å². The number of methoxy groups -OCH3 is 1. The lowest BCUT2D eigenvalue weighted by atomic mass is 9.85. The van der Waals surface area contributed by atoms with Crippen LogP contribution in [0.2, 0.25) is 0 Å². The van der Waals surface area contributed by atoms with Crippen molar-refractivity contribution in [2.45, 2.75) is 150 Å². The number of anilines is 3. The van der Waals surface area contributed by atoms with Gasteiger partial charge < -0.3 is 75.5 Å². The molecule has 4 aromatic rings. The average Bonchev–Trinajstić information content (AvgIpc) is 1.41. The Balaban J connectivity index is 0.794. The molecular weight excluding hydrogens is 1420 g/mol. The summed E-state index contributed by atoms with van der Waals surface area (Å²) in [5.41, 5.74) is 0.619. The van der Waals surface area contributed by atoms with Gasteiger partial charge in [-0.1, -0.05) is 95.3 Å². The highest BCUT2D eigenvalue weighted by Crippen LogP contribution is 2.51. The Labute approximate surface area is 634 Å². The number of carbonyl (C=O) groups is 10. The number of carbonyl (C=O) groups excluding carboxylic acids is 10. The molecule has 5 aliphatic heterocycles. The zero-order valence-corrected chi connectivity index (χ0v) is 63.2. The largest absolute Gasteiger partial charge is 0.507 e. The van der Waals surface area contributed by atoms with Crippen molar-refractivity contribution in [3.8, 4) is 28.7 Å². The number of piperazine rings is 1. The maximum Gasteiger partial charge on any atom is 0.312 e. The molecule has 4 bridgehead atoms. The lowest BCUT2D eigenvalue weighted by Gasteiger charge is -2.35. The number of allylic oxidation sites excluding steroid dienone is 2. The van der Waals surface area contributed by atoms with E-state index in [2.05, 4.69) is 31.9 Å². The van der Waals surface area contributed by atoms with Gasteiger partial charge in [0.05, 0.1) is 42.6 Å². The number of ketones is 1. The second-order valence-electron chi connectivity index (χ2n) is 28.8. The predicted molar refractivity (Wildman–Crippen MR) is 405 cm³/mol. The van der Waals surface area contributed by atoms with E-state index in [0.29, 0.717) is 56.0 Å². The molecule has 110 heavy (non-hydrogen) atoms. The zero-order chi connectivity index (χ0) is 79.6. The minimum Gasteiger partial charge on any atom is -0.507 e. The van der Waals surface area contributed by atoms with Crippen LogP contribution in [0.5, 0.6) is 17.2 Å². The molecule has 584 valence electrons. The molecule has 9 N–H and O–H groups in total. The molecule has 6 aliphatic rings. The van der Waals surface area contributed by atoms with Crippen LogP contribution < -0.4 is 47.0 Å². The number of hydrogen-bond acceptors (Lipinski definition) is 23. The Morgan fingerprint density at radius 2 is 1.51 bits per heavy atom. The van der Waals surface area contributed by atoms with Gasteiger partial charge in [-0.25, -0.2) is 4.98 Å². The van der Waals surface area contributed by atoms with Crippen LogP contribution in [-0.4, -0.2) is 178 Å². The first-order valence-electron chi connectivity index (χ1n) is 36.6. The number of esters is 1. The first-order chi connectivity index (χ1) is 52.3. The summed E-state index contributed by atoms with van der Waals surface area (Å²) < 4.78 is 30.7. The van der Waals surface area contributed by atoms with Crippen LogP contribution in [0.15, 0.2) is 124 Å². The normalized spacial score (nSPS) is 22.5. The quantitative estimate of drug-likeness (QED) is 0.0146. The van der Waals surface area contributed by atoms with Crippen molar-refractivity contribution < 1.29 is 91.5 Å². The monoisotopic (exact) mass is 1510 g/mol. The Morgan fingerprint density at radius 1 is 0.809 bits per heavy atom. The summed E-state index contributed by atoms with van der Waals surface area (Å²) in [5.74, 6) is -11.0. The Morgan fingerprint density at radius 3 is 2.18 bits per heavy atom. The lowest BCUT2D eigenvalue weighted by Crippen LogP contribution is -2.56. The molecule has 0 saturated carbocycles. The summed E-state index contributed by atoms with van der Waals surface area (Å²) in [6, 6.07) is 15.4. The fourth-order valence-electron chi connectivity index (χ4n) is 13.6. The summed E-state index contributed by atoms with van der Waals surface area (Å²) in [7, 11) is 1.47. The van der Waals surface area contributed by atoms with Crippen LogP contribution in [0.25, 0.3) is 33.3 Å². The summed E-state index contributed by atoms with van der Waals surface area (Å²) in [5, 5.41) is 52.4. The molecule has 1 saturated heterocycles. The molecule has 1 fully saturated rings. The van der Waals surface area contributed by atoms with E-state index < -0.39 is 136 Å². The van der Waals surface area contributed by atoms with E-state index in [1.54, 1.807) is 84.0 Å². The number of aromatic nitrogens is 1. The van der Waals surface area contributed by atoms with Crippen molar-refractivity contribution in [2.24, 2.45) is 23.7 Å². The smallest absolute Gasteiger partial charge is 0.312 e. The number of fused-ring (bicyclic) bond motifs is 2. The third kappa shape index (κ3) is 19.0. The van der Waals surface area contributed by atoms with Crippen molar-refractivity contribution in [1.29, 1.82) is 0 Å². The predicted octanol–water partition coefficient (Wildman–Crippen LogP) is 6.82. The molecular formula is C80H94N10O20. The van der Waals surface area contributed by atoms with Gasteiger partial charge in [0.1, 0.15) is 58.4 Å². The maximum atomic E-state index is 15.1.